The summed E-state index contributed by atoms with van der Waals surface area (Å²) in [6, 6.07) is 0. The Morgan fingerprint density at radius 1 is 1.32 bits per heavy atom. The molecule has 1 fully saturated rings. The minimum atomic E-state index is -0.325. The van der Waals surface area contributed by atoms with Crippen LogP contribution in [-0.2, 0) is 14.3 Å². The first kappa shape index (κ1) is 18.1. The zero-order valence-electron chi connectivity index (χ0n) is 11.5. The minimum absolute atomic E-state index is 0. The molecule has 0 radical (unpaired) electrons. The van der Waals surface area contributed by atoms with Crippen LogP contribution in [0.2, 0.25) is 0 Å². The van der Waals surface area contributed by atoms with E-state index in [1.807, 2.05) is 0 Å². The molecule has 2 unspecified atom stereocenters. The molecule has 1 heterocycles. The Bertz CT molecular complexity index is 300. The lowest BCUT2D eigenvalue weighted by Gasteiger charge is -2.22. The van der Waals surface area contributed by atoms with Gasteiger partial charge in [-0.3, -0.25) is 9.59 Å². The second kappa shape index (κ2) is 9.12. The van der Waals surface area contributed by atoms with Crippen molar-refractivity contribution in [2.45, 2.75) is 26.4 Å². The molecular weight excluding hydrogens is 270 g/mol. The van der Waals surface area contributed by atoms with Gasteiger partial charge in [-0.1, -0.05) is 13.8 Å². The van der Waals surface area contributed by atoms with Crippen molar-refractivity contribution in [3.63, 3.8) is 0 Å². The average Bonchev–Trinajstić information content (AvgIpc) is 2.81. The lowest BCUT2D eigenvalue weighted by molar-refractivity contribution is -0.125. The highest BCUT2D eigenvalue weighted by atomic mass is 35.5. The van der Waals surface area contributed by atoms with E-state index < -0.39 is 0 Å². The summed E-state index contributed by atoms with van der Waals surface area (Å²) < 4.78 is 5.64. The number of hydrogen-bond donors (Lipinski definition) is 3. The fourth-order valence-corrected chi connectivity index (χ4v) is 2.17. The molecule has 1 rings (SSSR count). The molecule has 0 aliphatic carbocycles. The summed E-state index contributed by atoms with van der Waals surface area (Å²) in [5.74, 6) is 0.297. The van der Waals surface area contributed by atoms with Crippen molar-refractivity contribution in [1.29, 1.82) is 0 Å². The van der Waals surface area contributed by atoms with Crippen LogP contribution in [0.15, 0.2) is 0 Å². The first-order valence-corrected chi connectivity index (χ1v) is 6.39. The van der Waals surface area contributed by atoms with Gasteiger partial charge in [0.15, 0.2) is 0 Å². The van der Waals surface area contributed by atoms with Crippen LogP contribution >= 0.6 is 12.4 Å². The van der Waals surface area contributed by atoms with Gasteiger partial charge in [0.05, 0.1) is 19.2 Å². The van der Waals surface area contributed by atoms with Crippen molar-refractivity contribution in [1.82, 2.24) is 10.6 Å². The molecule has 2 atom stereocenters. The van der Waals surface area contributed by atoms with Gasteiger partial charge in [-0.05, 0) is 12.3 Å². The average molecular weight is 294 g/mol. The molecule has 1 saturated heterocycles. The molecule has 112 valence electrons. The van der Waals surface area contributed by atoms with Gasteiger partial charge in [0, 0.05) is 19.1 Å². The number of ether oxygens (including phenoxy) is 1. The van der Waals surface area contributed by atoms with Crippen molar-refractivity contribution in [3.8, 4) is 0 Å². The fourth-order valence-electron chi connectivity index (χ4n) is 2.17. The Morgan fingerprint density at radius 3 is 2.58 bits per heavy atom. The first-order chi connectivity index (χ1) is 8.54. The lowest BCUT2D eigenvalue weighted by Crippen LogP contribution is -2.42. The Hall–Kier alpha value is -0.850. The predicted octanol–water partition coefficient (Wildman–Crippen LogP) is -0.340. The zero-order chi connectivity index (χ0) is 13.5. The van der Waals surface area contributed by atoms with E-state index in [9.17, 15) is 9.59 Å². The number of nitrogens with one attached hydrogen (secondary N) is 2. The quantitative estimate of drug-likeness (QED) is 0.625. The van der Waals surface area contributed by atoms with Gasteiger partial charge in [0.25, 0.3) is 0 Å². The molecular formula is C12H24ClN3O3. The number of halogens is 1. The molecule has 0 bridgehead atoms. The van der Waals surface area contributed by atoms with Gasteiger partial charge in [-0.25, -0.2) is 0 Å². The molecule has 1 aliphatic heterocycles. The van der Waals surface area contributed by atoms with Crippen LogP contribution in [0.5, 0.6) is 0 Å². The van der Waals surface area contributed by atoms with Crippen molar-refractivity contribution < 1.29 is 14.3 Å². The monoisotopic (exact) mass is 293 g/mol. The van der Waals surface area contributed by atoms with Gasteiger partial charge < -0.3 is 21.1 Å². The molecule has 7 heteroatoms. The molecule has 0 saturated carbocycles. The van der Waals surface area contributed by atoms with Gasteiger partial charge >= 0.3 is 0 Å². The van der Waals surface area contributed by atoms with E-state index in [2.05, 4.69) is 24.5 Å². The second-order valence-corrected chi connectivity index (χ2v) is 4.91. The maximum absolute atomic E-state index is 11.5. The third kappa shape index (κ3) is 6.22. The van der Waals surface area contributed by atoms with Gasteiger partial charge in [-0.15, -0.1) is 12.4 Å². The van der Waals surface area contributed by atoms with Crippen LogP contribution < -0.4 is 16.4 Å². The smallest absolute Gasteiger partial charge is 0.239 e. The van der Waals surface area contributed by atoms with Gasteiger partial charge in [0.2, 0.25) is 11.8 Å². The Labute approximate surface area is 120 Å². The molecule has 1 aliphatic rings. The predicted molar refractivity (Wildman–Crippen MR) is 75.0 cm³/mol. The maximum atomic E-state index is 11.5. The van der Waals surface area contributed by atoms with E-state index in [0.717, 1.165) is 13.0 Å². The molecule has 19 heavy (non-hydrogen) atoms. The summed E-state index contributed by atoms with van der Waals surface area (Å²) >= 11 is 0. The summed E-state index contributed by atoms with van der Waals surface area (Å²) in [4.78, 5) is 22.4. The number of amides is 2. The highest BCUT2D eigenvalue weighted by Gasteiger charge is 2.30. The highest BCUT2D eigenvalue weighted by Crippen LogP contribution is 2.25. The maximum Gasteiger partial charge on any atom is 0.239 e. The van der Waals surface area contributed by atoms with Crippen molar-refractivity contribution in [2.75, 3.05) is 26.2 Å². The van der Waals surface area contributed by atoms with Crippen molar-refractivity contribution in [2.24, 2.45) is 17.6 Å². The number of carbonyl (C=O) groups excluding carboxylic acids is 2. The number of rotatable bonds is 6. The molecule has 0 spiro atoms. The third-order valence-corrected chi connectivity index (χ3v) is 3.11. The standard InChI is InChI=1S/C12H23N3O3.ClH/c1-8(2)12-9(3-4-18-12)6-14-11(17)7-15-10(16)5-13;/h8-9,12H,3-7,13H2,1-2H3,(H,14,17)(H,15,16);1H. The SMILES string of the molecule is CC(C)C1OCCC1CNC(=O)CNC(=O)CN.Cl. The topological polar surface area (TPSA) is 93.5 Å². The van der Waals surface area contributed by atoms with E-state index in [1.54, 1.807) is 0 Å². The summed E-state index contributed by atoms with van der Waals surface area (Å²) in [5.41, 5.74) is 5.12. The highest BCUT2D eigenvalue weighted by molar-refractivity contribution is 5.85. The Morgan fingerprint density at radius 2 is 2.00 bits per heavy atom. The fraction of sp³-hybridized carbons (Fsp3) is 0.833. The Balaban J connectivity index is 0.00000324. The van der Waals surface area contributed by atoms with Crippen molar-refractivity contribution in [3.05, 3.63) is 0 Å². The first-order valence-electron chi connectivity index (χ1n) is 6.39. The van der Waals surface area contributed by atoms with E-state index >= 15 is 0 Å². The largest absolute Gasteiger partial charge is 0.378 e. The minimum Gasteiger partial charge on any atom is -0.378 e. The van der Waals surface area contributed by atoms with E-state index in [1.165, 1.54) is 0 Å². The van der Waals surface area contributed by atoms with Crippen LogP contribution in [0.25, 0.3) is 0 Å². The van der Waals surface area contributed by atoms with Crippen LogP contribution in [0.3, 0.4) is 0 Å². The Kier molecular flexibility index (Phi) is 8.71. The summed E-state index contributed by atoms with van der Waals surface area (Å²) in [7, 11) is 0. The van der Waals surface area contributed by atoms with Crippen LogP contribution in [-0.4, -0.2) is 44.2 Å². The van der Waals surface area contributed by atoms with Crippen molar-refractivity contribution >= 4 is 24.2 Å². The molecule has 2 amide bonds. The van der Waals surface area contributed by atoms with E-state index in [0.29, 0.717) is 18.4 Å². The summed E-state index contributed by atoms with van der Waals surface area (Å²) in [6.45, 7) is 5.47. The van der Waals surface area contributed by atoms with E-state index in [4.69, 9.17) is 10.5 Å². The third-order valence-electron chi connectivity index (χ3n) is 3.11. The summed E-state index contributed by atoms with van der Waals surface area (Å²) in [5, 5.41) is 5.25. The molecule has 6 nitrogen and oxygen atoms in total. The van der Waals surface area contributed by atoms with E-state index in [-0.39, 0.29) is 43.4 Å². The number of nitrogens with two attached hydrogens (primary N) is 1. The van der Waals surface area contributed by atoms with Crippen LogP contribution in [0.1, 0.15) is 20.3 Å². The van der Waals surface area contributed by atoms with Crippen LogP contribution in [0, 0.1) is 11.8 Å². The van der Waals surface area contributed by atoms with Crippen LogP contribution in [0.4, 0.5) is 0 Å². The number of carbonyl (C=O) groups is 2. The number of hydrogen-bond acceptors (Lipinski definition) is 4. The molecule has 0 aromatic carbocycles. The molecule has 4 N–H and O–H groups in total. The van der Waals surface area contributed by atoms with Gasteiger partial charge in [0.1, 0.15) is 0 Å². The molecule has 0 aromatic rings. The normalized spacial score (nSPS) is 21.9. The molecule has 0 aromatic heterocycles. The lowest BCUT2D eigenvalue weighted by atomic mass is 9.93. The summed E-state index contributed by atoms with van der Waals surface area (Å²) in [6.07, 6.45) is 1.18. The van der Waals surface area contributed by atoms with Gasteiger partial charge in [-0.2, -0.15) is 0 Å². The zero-order valence-corrected chi connectivity index (χ0v) is 12.3. The second-order valence-electron chi connectivity index (χ2n) is 4.91.